The molecule has 20 heavy (non-hydrogen) atoms. The summed E-state index contributed by atoms with van der Waals surface area (Å²) in [5.74, 6) is 0.585. The maximum atomic E-state index is 12.4. The van der Waals surface area contributed by atoms with E-state index in [1.54, 1.807) is 36.4 Å². The molecule has 0 fully saturated rings. The van der Waals surface area contributed by atoms with Crippen LogP contribution in [0, 0.1) is 0 Å². The molecule has 0 radical (unpaired) electrons. The zero-order valence-electron chi connectivity index (χ0n) is 10.6. The Morgan fingerprint density at radius 2 is 1.75 bits per heavy atom. The van der Waals surface area contributed by atoms with E-state index < -0.39 is 9.84 Å². The van der Waals surface area contributed by atoms with Crippen LogP contribution < -0.4 is 4.74 Å². The molecule has 1 heterocycles. The van der Waals surface area contributed by atoms with Crippen LogP contribution in [0.1, 0.15) is 0 Å². The lowest BCUT2D eigenvalue weighted by Gasteiger charge is -2.02. The van der Waals surface area contributed by atoms with Crippen LogP contribution in [0.15, 0.2) is 63.1 Å². The molecule has 0 aliphatic heterocycles. The number of aromatic nitrogens is 1. The molecule has 6 heteroatoms. The SMILES string of the molecule is COc1ccc(S(=O)(=O)c2nc3ccccc3o2)cc1. The van der Waals surface area contributed by atoms with Crippen LogP contribution in [0.5, 0.6) is 5.75 Å². The molecule has 3 aromatic rings. The molecule has 0 bridgehead atoms. The van der Waals surface area contributed by atoms with Crippen molar-refractivity contribution < 1.29 is 17.6 Å². The number of para-hydroxylation sites is 2. The minimum Gasteiger partial charge on any atom is -0.497 e. The standard InChI is InChI=1S/C14H11NO4S/c1-18-10-6-8-11(9-7-10)20(16,17)14-15-12-4-2-3-5-13(12)19-14/h2-9H,1H3. The van der Waals surface area contributed by atoms with Gasteiger partial charge in [-0.15, -0.1) is 0 Å². The van der Waals surface area contributed by atoms with E-state index in [9.17, 15) is 8.42 Å². The number of benzene rings is 2. The summed E-state index contributed by atoms with van der Waals surface area (Å²) in [6.45, 7) is 0. The molecule has 0 amide bonds. The minimum absolute atomic E-state index is 0.116. The van der Waals surface area contributed by atoms with Crippen LogP contribution in [0.2, 0.25) is 0 Å². The summed E-state index contributed by atoms with van der Waals surface area (Å²) in [6.07, 6.45) is 0. The molecular weight excluding hydrogens is 278 g/mol. The monoisotopic (exact) mass is 289 g/mol. The quantitative estimate of drug-likeness (QED) is 0.741. The molecule has 0 unspecified atom stereocenters. The lowest BCUT2D eigenvalue weighted by Crippen LogP contribution is -2.02. The first-order chi connectivity index (χ1) is 9.61. The lowest BCUT2D eigenvalue weighted by atomic mass is 10.3. The van der Waals surface area contributed by atoms with Crippen molar-refractivity contribution in [2.24, 2.45) is 0 Å². The number of methoxy groups -OCH3 is 1. The second kappa shape index (κ2) is 4.64. The number of rotatable bonds is 3. The van der Waals surface area contributed by atoms with Crippen LogP contribution in [-0.4, -0.2) is 20.5 Å². The Labute approximate surface area is 115 Å². The van der Waals surface area contributed by atoms with Crippen LogP contribution >= 0.6 is 0 Å². The van der Waals surface area contributed by atoms with Gasteiger partial charge in [0.05, 0.1) is 12.0 Å². The maximum absolute atomic E-state index is 12.4. The molecule has 102 valence electrons. The van der Waals surface area contributed by atoms with Gasteiger partial charge in [0.1, 0.15) is 11.3 Å². The highest BCUT2D eigenvalue weighted by atomic mass is 32.2. The van der Waals surface area contributed by atoms with E-state index in [0.29, 0.717) is 16.8 Å². The molecule has 0 spiro atoms. The molecule has 0 aliphatic rings. The molecule has 2 aromatic carbocycles. The Morgan fingerprint density at radius 1 is 1.05 bits per heavy atom. The Morgan fingerprint density at radius 3 is 2.40 bits per heavy atom. The fourth-order valence-electron chi connectivity index (χ4n) is 1.82. The second-order valence-electron chi connectivity index (χ2n) is 4.13. The van der Waals surface area contributed by atoms with E-state index >= 15 is 0 Å². The van der Waals surface area contributed by atoms with Gasteiger partial charge in [-0.3, -0.25) is 0 Å². The molecule has 0 aliphatic carbocycles. The van der Waals surface area contributed by atoms with Gasteiger partial charge in [-0.2, -0.15) is 4.98 Å². The van der Waals surface area contributed by atoms with Gasteiger partial charge in [-0.25, -0.2) is 8.42 Å². The third-order valence-electron chi connectivity index (χ3n) is 2.87. The number of sulfone groups is 1. The molecule has 1 aromatic heterocycles. The summed E-state index contributed by atoms with van der Waals surface area (Å²) >= 11 is 0. The zero-order chi connectivity index (χ0) is 14.2. The van der Waals surface area contributed by atoms with E-state index in [2.05, 4.69) is 4.98 Å². The fraction of sp³-hybridized carbons (Fsp3) is 0.0714. The summed E-state index contributed by atoms with van der Waals surface area (Å²) < 4.78 is 35.1. The Bertz CT molecular complexity index is 817. The average Bonchev–Trinajstić information content (AvgIpc) is 2.92. The van der Waals surface area contributed by atoms with Gasteiger partial charge in [-0.1, -0.05) is 12.1 Å². The van der Waals surface area contributed by atoms with Crippen LogP contribution in [0.3, 0.4) is 0 Å². The third-order valence-corrected chi connectivity index (χ3v) is 4.40. The highest BCUT2D eigenvalue weighted by Crippen LogP contribution is 2.25. The molecule has 5 nitrogen and oxygen atoms in total. The van der Waals surface area contributed by atoms with Crippen molar-refractivity contribution in [3.63, 3.8) is 0 Å². The topological polar surface area (TPSA) is 69.4 Å². The highest BCUT2D eigenvalue weighted by molar-refractivity contribution is 7.91. The number of hydrogen-bond donors (Lipinski definition) is 0. The number of hydrogen-bond acceptors (Lipinski definition) is 5. The van der Waals surface area contributed by atoms with Crippen LogP contribution in [0.4, 0.5) is 0 Å². The first kappa shape index (κ1) is 12.7. The van der Waals surface area contributed by atoms with E-state index in [-0.39, 0.29) is 10.1 Å². The van der Waals surface area contributed by atoms with Gasteiger partial charge >= 0.3 is 5.22 Å². The Hall–Kier alpha value is -2.34. The predicted molar refractivity (Wildman–Crippen MR) is 72.5 cm³/mol. The molecule has 0 saturated carbocycles. The van der Waals surface area contributed by atoms with Crippen molar-refractivity contribution in [1.82, 2.24) is 4.98 Å². The number of ether oxygens (including phenoxy) is 1. The summed E-state index contributed by atoms with van der Waals surface area (Å²) in [7, 11) is -2.24. The van der Waals surface area contributed by atoms with Crippen molar-refractivity contribution >= 4 is 20.9 Å². The Balaban J connectivity index is 2.10. The van der Waals surface area contributed by atoms with Crippen molar-refractivity contribution in [1.29, 1.82) is 0 Å². The average molecular weight is 289 g/mol. The van der Waals surface area contributed by atoms with E-state index in [1.165, 1.54) is 19.2 Å². The van der Waals surface area contributed by atoms with Gasteiger partial charge in [0, 0.05) is 0 Å². The largest absolute Gasteiger partial charge is 0.497 e. The van der Waals surface area contributed by atoms with Crippen molar-refractivity contribution in [2.45, 2.75) is 10.1 Å². The van der Waals surface area contributed by atoms with E-state index in [1.807, 2.05) is 0 Å². The number of fused-ring (bicyclic) bond motifs is 1. The summed E-state index contributed by atoms with van der Waals surface area (Å²) in [6, 6.07) is 13.0. The van der Waals surface area contributed by atoms with Crippen molar-refractivity contribution in [3.05, 3.63) is 48.5 Å². The first-order valence-electron chi connectivity index (χ1n) is 5.86. The molecule has 0 N–H and O–H groups in total. The Kier molecular flexibility index (Phi) is 2.94. The molecule has 3 rings (SSSR count). The number of oxazole rings is 1. The summed E-state index contributed by atoms with van der Waals surface area (Å²) in [5, 5.41) is -0.302. The van der Waals surface area contributed by atoms with Crippen LogP contribution in [-0.2, 0) is 9.84 Å². The summed E-state index contributed by atoms with van der Waals surface area (Å²) in [5.41, 5.74) is 0.958. The van der Waals surface area contributed by atoms with Crippen LogP contribution in [0.25, 0.3) is 11.1 Å². The smallest absolute Gasteiger partial charge is 0.321 e. The van der Waals surface area contributed by atoms with Crippen molar-refractivity contribution in [3.8, 4) is 5.75 Å². The first-order valence-corrected chi connectivity index (χ1v) is 7.34. The summed E-state index contributed by atoms with van der Waals surface area (Å²) in [4.78, 5) is 4.13. The van der Waals surface area contributed by atoms with E-state index in [4.69, 9.17) is 9.15 Å². The number of nitrogens with zero attached hydrogens (tertiary/aromatic N) is 1. The highest BCUT2D eigenvalue weighted by Gasteiger charge is 2.24. The lowest BCUT2D eigenvalue weighted by molar-refractivity contribution is 0.414. The van der Waals surface area contributed by atoms with Gasteiger partial charge in [-0.05, 0) is 36.4 Å². The van der Waals surface area contributed by atoms with Crippen molar-refractivity contribution in [2.75, 3.05) is 7.11 Å². The molecule has 0 saturated heterocycles. The van der Waals surface area contributed by atoms with E-state index in [0.717, 1.165) is 0 Å². The predicted octanol–water partition coefficient (Wildman–Crippen LogP) is 2.67. The molecular formula is C14H11NO4S. The molecule has 0 atom stereocenters. The van der Waals surface area contributed by atoms with Gasteiger partial charge < -0.3 is 9.15 Å². The fourth-order valence-corrected chi connectivity index (χ4v) is 2.94. The van der Waals surface area contributed by atoms with Gasteiger partial charge in [0.2, 0.25) is 0 Å². The van der Waals surface area contributed by atoms with Gasteiger partial charge in [0.25, 0.3) is 9.84 Å². The second-order valence-corrected chi connectivity index (χ2v) is 5.95. The normalized spacial score (nSPS) is 11.7. The zero-order valence-corrected chi connectivity index (χ0v) is 11.4. The van der Waals surface area contributed by atoms with Gasteiger partial charge in [0.15, 0.2) is 5.58 Å². The third kappa shape index (κ3) is 2.04. The maximum Gasteiger partial charge on any atom is 0.321 e. The minimum atomic E-state index is -3.76.